The molecule has 1 fully saturated rings. The van der Waals surface area contributed by atoms with Crippen LogP contribution in [0.5, 0.6) is 5.88 Å². The normalized spacial score (nSPS) is 17.7. The number of piperidine rings is 1. The van der Waals surface area contributed by atoms with Gasteiger partial charge in [-0.15, -0.1) is 0 Å². The number of hydrogen-bond acceptors (Lipinski definition) is 4. The second-order valence-electron chi connectivity index (χ2n) is 5.65. The van der Waals surface area contributed by atoms with Crippen LogP contribution in [0.15, 0.2) is 48.5 Å². The van der Waals surface area contributed by atoms with E-state index in [9.17, 15) is 9.90 Å². The topological polar surface area (TPSA) is 62.7 Å². The van der Waals surface area contributed by atoms with E-state index in [1.165, 1.54) is 0 Å². The fourth-order valence-corrected chi connectivity index (χ4v) is 2.84. The first-order chi connectivity index (χ1) is 11.2. The summed E-state index contributed by atoms with van der Waals surface area (Å²) in [6.45, 7) is 1.16. The molecule has 1 aliphatic rings. The molecular formula is C18H20N2O3. The first kappa shape index (κ1) is 15.3. The lowest BCUT2D eigenvalue weighted by Crippen LogP contribution is -2.45. The highest BCUT2D eigenvalue weighted by atomic mass is 16.5. The third kappa shape index (κ3) is 3.80. The van der Waals surface area contributed by atoms with E-state index in [1.807, 2.05) is 47.4 Å². The minimum absolute atomic E-state index is 0.444. The van der Waals surface area contributed by atoms with Crippen LogP contribution in [0, 0.1) is 0 Å². The Morgan fingerprint density at radius 3 is 2.78 bits per heavy atom. The van der Waals surface area contributed by atoms with Gasteiger partial charge in [-0.2, -0.15) is 4.98 Å². The summed E-state index contributed by atoms with van der Waals surface area (Å²) in [5, 5.41) is 9.39. The lowest BCUT2D eigenvalue weighted by Gasteiger charge is -2.33. The summed E-state index contributed by atoms with van der Waals surface area (Å²) in [4.78, 5) is 17.8. The minimum atomic E-state index is -0.790. The Balaban J connectivity index is 1.72. The standard InChI is InChI=1S/C18H20N2O3/c21-18(22)15-9-4-5-12-20(15)16-10-6-11-17(19-16)23-13-14-7-2-1-3-8-14/h1-3,6-8,10-11,15H,4-5,9,12-13H2,(H,21,22). The fourth-order valence-electron chi connectivity index (χ4n) is 2.84. The predicted octanol–water partition coefficient (Wildman–Crippen LogP) is 3.10. The molecule has 3 rings (SSSR count). The number of nitrogens with zero attached hydrogens (tertiary/aromatic N) is 2. The highest BCUT2D eigenvalue weighted by molar-refractivity contribution is 5.78. The molecule has 23 heavy (non-hydrogen) atoms. The van der Waals surface area contributed by atoms with Crippen LogP contribution in [-0.4, -0.2) is 28.6 Å². The van der Waals surface area contributed by atoms with Gasteiger partial charge in [-0.25, -0.2) is 4.79 Å². The van der Waals surface area contributed by atoms with Crippen molar-refractivity contribution in [1.29, 1.82) is 0 Å². The summed E-state index contributed by atoms with van der Waals surface area (Å²) in [7, 11) is 0. The Kier molecular flexibility index (Phi) is 4.76. The molecule has 1 atom stereocenters. The number of benzene rings is 1. The number of carboxylic acids is 1. The molecule has 1 aromatic heterocycles. The lowest BCUT2D eigenvalue weighted by molar-refractivity contribution is -0.139. The summed E-state index contributed by atoms with van der Waals surface area (Å²) in [6, 6.07) is 14.9. The average molecular weight is 312 g/mol. The van der Waals surface area contributed by atoms with E-state index < -0.39 is 12.0 Å². The van der Waals surface area contributed by atoms with Gasteiger partial charge >= 0.3 is 5.97 Å². The van der Waals surface area contributed by atoms with Crippen LogP contribution in [0.4, 0.5) is 5.82 Å². The molecule has 2 aromatic rings. The maximum Gasteiger partial charge on any atom is 0.326 e. The molecule has 0 spiro atoms. The van der Waals surface area contributed by atoms with Gasteiger partial charge in [0.05, 0.1) is 0 Å². The molecule has 5 heteroatoms. The molecule has 0 amide bonds. The van der Waals surface area contributed by atoms with E-state index >= 15 is 0 Å². The SMILES string of the molecule is O=C(O)C1CCCCN1c1cccc(OCc2ccccc2)n1. The van der Waals surface area contributed by atoms with E-state index in [4.69, 9.17) is 4.74 Å². The summed E-state index contributed by atoms with van der Waals surface area (Å²) < 4.78 is 5.73. The van der Waals surface area contributed by atoms with Crippen LogP contribution >= 0.6 is 0 Å². The molecule has 0 saturated carbocycles. The summed E-state index contributed by atoms with van der Waals surface area (Å²) in [5.41, 5.74) is 1.07. The van der Waals surface area contributed by atoms with Crippen LogP contribution in [0.25, 0.3) is 0 Å². The number of anilines is 1. The maximum absolute atomic E-state index is 11.4. The van der Waals surface area contributed by atoms with Crippen LogP contribution < -0.4 is 9.64 Å². The molecule has 1 N–H and O–H groups in total. The minimum Gasteiger partial charge on any atom is -0.480 e. The van der Waals surface area contributed by atoms with Gasteiger partial charge in [0.1, 0.15) is 18.5 Å². The van der Waals surface area contributed by atoms with E-state index in [0.717, 1.165) is 18.4 Å². The molecule has 5 nitrogen and oxygen atoms in total. The van der Waals surface area contributed by atoms with Crippen molar-refractivity contribution in [2.24, 2.45) is 0 Å². The molecule has 0 aliphatic carbocycles. The number of pyridine rings is 1. The molecule has 0 bridgehead atoms. The fraction of sp³-hybridized carbons (Fsp3) is 0.333. The number of carbonyl (C=O) groups is 1. The van der Waals surface area contributed by atoms with E-state index in [2.05, 4.69) is 4.98 Å². The molecule has 120 valence electrons. The van der Waals surface area contributed by atoms with E-state index in [0.29, 0.717) is 31.3 Å². The Bertz CT molecular complexity index is 660. The van der Waals surface area contributed by atoms with Crippen molar-refractivity contribution in [3.8, 4) is 5.88 Å². The molecular weight excluding hydrogens is 292 g/mol. The first-order valence-corrected chi connectivity index (χ1v) is 7.87. The average Bonchev–Trinajstić information content (AvgIpc) is 2.61. The van der Waals surface area contributed by atoms with Gasteiger partial charge in [0.25, 0.3) is 0 Å². The van der Waals surface area contributed by atoms with E-state index in [-0.39, 0.29) is 0 Å². The van der Waals surface area contributed by atoms with Crippen molar-refractivity contribution >= 4 is 11.8 Å². The molecule has 1 saturated heterocycles. The Labute approximate surface area is 135 Å². The Morgan fingerprint density at radius 1 is 1.17 bits per heavy atom. The van der Waals surface area contributed by atoms with Crippen LogP contribution in [0.3, 0.4) is 0 Å². The number of rotatable bonds is 5. The number of hydrogen-bond donors (Lipinski definition) is 1. The van der Waals surface area contributed by atoms with Crippen molar-refractivity contribution < 1.29 is 14.6 Å². The number of aromatic nitrogens is 1. The second-order valence-corrected chi connectivity index (χ2v) is 5.65. The quantitative estimate of drug-likeness (QED) is 0.919. The monoisotopic (exact) mass is 312 g/mol. The Hall–Kier alpha value is -2.56. The largest absolute Gasteiger partial charge is 0.480 e. The van der Waals surface area contributed by atoms with Gasteiger partial charge in [0.15, 0.2) is 0 Å². The molecule has 1 aromatic carbocycles. The summed E-state index contributed by atoms with van der Waals surface area (Å²) in [6.07, 6.45) is 2.59. The number of aliphatic carboxylic acids is 1. The van der Waals surface area contributed by atoms with Gasteiger partial charge in [-0.05, 0) is 30.9 Å². The van der Waals surface area contributed by atoms with Gasteiger partial charge in [-0.1, -0.05) is 36.4 Å². The van der Waals surface area contributed by atoms with Gasteiger partial charge in [-0.3, -0.25) is 0 Å². The van der Waals surface area contributed by atoms with Crippen LogP contribution in [0.1, 0.15) is 24.8 Å². The molecule has 2 heterocycles. The van der Waals surface area contributed by atoms with Crippen LogP contribution in [0.2, 0.25) is 0 Å². The molecule has 1 aliphatic heterocycles. The van der Waals surface area contributed by atoms with Gasteiger partial charge in [0.2, 0.25) is 5.88 Å². The Morgan fingerprint density at radius 2 is 2.00 bits per heavy atom. The molecule has 0 radical (unpaired) electrons. The predicted molar refractivity (Wildman–Crippen MR) is 87.6 cm³/mol. The highest BCUT2D eigenvalue weighted by Crippen LogP contribution is 2.25. The van der Waals surface area contributed by atoms with Crippen LogP contribution in [-0.2, 0) is 11.4 Å². The highest BCUT2D eigenvalue weighted by Gasteiger charge is 2.29. The van der Waals surface area contributed by atoms with Gasteiger partial charge in [0, 0.05) is 12.6 Å². The van der Waals surface area contributed by atoms with Crippen molar-refractivity contribution in [3.63, 3.8) is 0 Å². The van der Waals surface area contributed by atoms with Crippen molar-refractivity contribution in [2.75, 3.05) is 11.4 Å². The first-order valence-electron chi connectivity index (χ1n) is 7.87. The summed E-state index contributed by atoms with van der Waals surface area (Å²) in [5.74, 6) is 0.394. The zero-order valence-corrected chi connectivity index (χ0v) is 12.9. The van der Waals surface area contributed by atoms with Crippen molar-refractivity contribution in [2.45, 2.75) is 31.9 Å². The zero-order valence-electron chi connectivity index (χ0n) is 12.9. The molecule has 1 unspecified atom stereocenters. The summed E-state index contributed by atoms with van der Waals surface area (Å²) >= 11 is 0. The number of ether oxygens (including phenoxy) is 1. The lowest BCUT2D eigenvalue weighted by atomic mass is 10.0. The third-order valence-electron chi connectivity index (χ3n) is 4.02. The smallest absolute Gasteiger partial charge is 0.326 e. The number of carboxylic acid groups (broad SMARTS) is 1. The maximum atomic E-state index is 11.4. The third-order valence-corrected chi connectivity index (χ3v) is 4.02. The zero-order chi connectivity index (χ0) is 16.1. The van der Waals surface area contributed by atoms with Crippen molar-refractivity contribution in [1.82, 2.24) is 4.98 Å². The van der Waals surface area contributed by atoms with Gasteiger partial charge < -0.3 is 14.7 Å². The van der Waals surface area contributed by atoms with Crippen molar-refractivity contribution in [3.05, 3.63) is 54.1 Å². The van der Waals surface area contributed by atoms with E-state index in [1.54, 1.807) is 6.07 Å². The second kappa shape index (κ2) is 7.13.